The first-order valence-corrected chi connectivity index (χ1v) is 10.7. The van der Waals surface area contributed by atoms with Gasteiger partial charge in [-0.05, 0) is 43.4 Å². The van der Waals surface area contributed by atoms with Crippen molar-refractivity contribution in [3.8, 4) is 11.1 Å². The fourth-order valence-electron chi connectivity index (χ4n) is 2.26. The molecule has 2 aromatic carbocycles. The first kappa shape index (κ1) is 27.9. The summed E-state index contributed by atoms with van der Waals surface area (Å²) in [5.41, 5.74) is 7.38. The zero-order valence-corrected chi connectivity index (χ0v) is 19.6. The topological polar surface area (TPSA) is 0 Å². The van der Waals surface area contributed by atoms with Crippen LogP contribution in [0.1, 0.15) is 66.0 Å². The van der Waals surface area contributed by atoms with Gasteiger partial charge in [0.2, 0.25) is 0 Å². The van der Waals surface area contributed by atoms with Gasteiger partial charge in [0.1, 0.15) is 0 Å². The molecule has 0 fully saturated rings. The smallest absolute Gasteiger partial charge is 0.0184 e. The highest BCUT2D eigenvalue weighted by Gasteiger charge is 1.99. The van der Waals surface area contributed by atoms with Crippen LogP contribution < -0.4 is 0 Å². The number of aryl methyl sites for hydroxylation is 2. The van der Waals surface area contributed by atoms with Crippen molar-refractivity contribution in [2.75, 3.05) is 0 Å². The number of benzene rings is 2. The van der Waals surface area contributed by atoms with Crippen LogP contribution in [0.15, 0.2) is 85.0 Å². The van der Waals surface area contributed by atoms with Crippen molar-refractivity contribution in [2.45, 2.75) is 68.2 Å². The number of rotatable bonds is 6. The molecule has 0 aliphatic rings. The van der Waals surface area contributed by atoms with Crippen molar-refractivity contribution in [3.63, 3.8) is 0 Å². The van der Waals surface area contributed by atoms with Crippen LogP contribution in [0.5, 0.6) is 0 Å². The average molecular weight is 379 g/mol. The first-order chi connectivity index (χ1) is 13.5. The van der Waals surface area contributed by atoms with E-state index in [0.717, 1.165) is 24.0 Å². The van der Waals surface area contributed by atoms with Gasteiger partial charge in [0.05, 0.1) is 0 Å². The standard InChI is InChI=1S/C22H24.3C2H6/c1-17(2)5-6-18(3)7-10-20-11-15-22(16-12-20)21-13-8-19(4)9-14-21;3*1-2/h5-6,8-9,11-16H,1,3,7,10H2,2,4H3;3*1-2H3/b6-5-;;;. The van der Waals surface area contributed by atoms with Crippen LogP contribution in [-0.4, -0.2) is 0 Å². The maximum atomic E-state index is 4.09. The quantitative estimate of drug-likeness (QED) is 0.439. The zero-order valence-electron chi connectivity index (χ0n) is 19.6. The minimum atomic E-state index is 0.980. The monoisotopic (exact) mass is 378 g/mol. The maximum absolute atomic E-state index is 4.09. The summed E-state index contributed by atoms with van der Waals surface area (Å²) < 4.78 is 0. The van der Waals surface area contributed by atoms with Crippen molar-refractivity contribution >= 4 is 0 Å². The van der Waals surface area contributed by atoms with E-state index < -0.39 is 0 Å². The molecule has 0 heteroatoms. The van der Waals surface area contributed by atoms with Crippen LogP contribution in [0.2, 0.25) is 0 Å². The maximum Gasteiger partial charge on any atom is -0.0184 e. The Morgan fingerprint density at radius 3 is 1.57 bits per heavy atom. The van der Waals surface area contributed by atoms with Crippen molar-refractivity contribution in [1.29, 1.82) is 0 Å². The summed E-state index contributed by atoms with van der Waals surface area (Å²) in [5, 5.41) is 0. The van der Waals surface area contributed by atoms with E-state index in [9.17, 15) is 0 Å². The van der Waals surface area contributed by atoms with Gasteiger partial charge in [-0.1, -0.05) is 132 Å². The van der Waals surface area contributed by atoms with Crippen molar-refractivity contribution in [3.05, 3.63) is 96.1 Å². The number of hydrogen-bond donors (Lipinski definition) is 0. The molecule has 0 nitrogen and oxygen atoms in total. The summed E-state index contributed by atoms with van der Waals surface area (Å²) in [5.74, 6) is 0. The fourth-order valence-corrected chi connectivity index (χ4v) is 2.26. The summed E-state index contributed by atoms with van der Waals surface area (Å²) in [6.07, 6.45) is 6.08. The lowest BCUT2D eigenvalue weighted by atomic mass is 10.00. The second kappa shape index (κ2) is 18.0. The van der Waals surface area contributed by atoms with E-state index in [1.807, 2.05) is 54.5 Å². The van der Waals surface area contributed by atoms with E-state index in [4.69, 9.17) is 0 Å². The molecular weight excluding hydrogens is 336 g/mol. The van der Waals surface area contributed by atoms with Crippen LogP contribution >= 0.6 is 0 Å². The molecule has 0 spiro atoms. The third-order valence-corrected chi connectivity index (χ3v) is 3.68. The predicted octanol–water partition coefficient (Wildman–Crippen LogP) is 9.36. The second-order valence-electron chi connectivity index (χ2n) is 5.90. The number of hydrogen-bond acceptors (Lipinski definition) is 0. The molecule has 0 atom stereocenters. The molecule has 154 valence electrons. The summed E-state index contributed by atoms with van der Waals surface area (Å²) in [7, 11) is 0. The van der Waals surface area contributed by atoms with E-state index in [1.165, 1.54) is 22.3 Å². The highest BCUT2D eigenvalue weighted by molar-refractivity contribution is 5.63. The van der Waals surface area contributed by atoms with Gasteiger partial charge in [0, 0.05) is 0 Å². The van der Waals surface area contributed by atoms with Crippen LogP contribution in [0, 0.1) is 6.92 Å². The highest BCUT2D eigenvalue weighted by Crippen LogP contribution is 2.21. The Bertz CT molecular complexity index is 667. The molecule has 2 aromatic rings. The lowest BCUT2D eigenvalue weighted by Crippen LogP contribution is -1.87. The molecule has 0 aromatic heterocycles. The van der Waals surface area contributed by atoms with E-state index >= 15 is 0 Å². The normalized spacial score (nSPS) is 9.14. The largest absolute Gasteiger partial charge is 0.0961 e. The average Bonchev–Trinajstić information content (AvgIpc) is 2.76. The lowest BCUT2D eigenvalue weighted by molar-refractivity contribution is 0.969. The van der Waals surface area contributed by atoms with E-state index in [2.05, 4.69) is 74.7 Å². The fraction of sp³-hybridized carbons (Fsp3) is 0.357. The van der Waals surface area contributed by atoms with Crippen LogP contribution in [0.4, 0.5) is 0 Å². The van der Waals surface area contributed by atoms with Crippen LogP contribution in [-0.2, 0) is 6.42 Å². The van der Waals surface area contributed by atoms with Gasteiger partial charge < -0.3 is 0 Å². The Morgan fingerprint density at radius 1 is 0.714 bits per heavy atom. The Labute approximate surface area is 175 Å². The molecule has 28 heavy (non-hydrogen) atoms. The summed E-state index contributed by atoms with van der Waals surface area (Å²) in [6, 6.07) is 17.5. The molecule has 0 bridgehead atoms. The molecule has 0 amide bonds. The van der Waals surface area contributed by atoms with Crippen LogP contribution in [0.3, 0.4) is 0 Å². The third-order valence-electron chi connectivity index (χ3n) is 3.68. The van der Waals surface area contributed by atoms with E-state index in [1.54, 1.807) is 0 Å². The van der Waals surface area contributed by atoms with Gasteiger partial charge in [-0.3, -0.25) is 0 Å². The molecule has 2 rings (SSSR count). The molecule has 0 heterocycles. The minimum absolute atomic E-state index is 0.980. The summed E-state index contributed by atoms with van der Waals surface area (Å²) in [4.78, 5) is 0. The predicted molar refractivity (Wildman–Crippen MR) is 132 cm³/mol. The van der Waals surface area contributed by atoms with Gasteiger partial charge in [-0.15, -0.1) is 0 Å². The molecule has 0 saturated carbocycles. The molecule has 0 aliphatic heterocycles. The number of allylic oxidation sites excluding steroid dienone is 4. The molecule has 0 aliphatic carbocycles. The molecular formula is C28H42. The molecule has 0 N–H and O–H groups in total. The van der Waals surface area contributed by atoms with Crippen molar-refractivity contribution in [1.82, 2.24) is 0 Å². The zero-order chi connectivity index (χ0) is 21.9. The Morgan fingerprint density at radius 2 is 1.14 bits per heavy atom. The minimum Gasteiger partial charge on any atom is -0.0961 e. The lowest BCUT2D eigenvalue weighted by Gasteiger charge is -2.05. The third kappa shape index (κ3) is 12.1. The van der Waals surface area contributed by atoms with E-state index in [0.29, 0.717) is 0 Å². The van der Waals surface area contributed by atoms with Gasteiger partial charge in [-0.2, -0.15) is 0 Å². The second-order valence-corrected chi connectivity index (χ2v) is 5.90. The van der Waals surface area contributed by atoms with Crippen molar-refractivity contribution in [2.24, 2.45) is 0 Å². The summed E-state index contributed by atoms with van der Waals surface area (Å²) >= 11 is 0. The summed E-state index contributed by atoms with van der Waals surface area (Å²) in [6.45, 7) is 24.1. The van der Waals surface area contributed by atoms with E-state index in [-0.39, 0.29) is 0 Å². The van der Waals surface area contributed by atoms with Crippen LogP contribution in [0.25, 0.3) is 11.1 Å². The Kier molecular flexibility index (Phi) is 18.0. The Balaban J connectivity index is 0. The SMILES string of the molecule is C=C(C)/C=C\C(=C)CCc1ccc(-c2ccc(C)cc2)cc1.CC.CC.CC. The molecule has 0 unspecified atom stereocenters. The first-order valence-electron chi connectivity index (χ1n) is 10.7. The molecule has 0 radical (unpaired) electrons. The van der Waals surface area contributed by atoms with Gasteiger partial charge in [-0.25, -0.2) is 0 Å². The molecule has 0 saturated heterocycles. The highest BCUT2D eigenvalue weighted by atomic mass is 14.0. The Hall–Kier alpha value is -2.34. The van der Waals surface area contributed by atoms with Gasteiger partial charge in [0.25, 0.3) is 0 Å². The van der Waals surface area contributed by atoms with Crippen molar-refractivity contribution < 1.29 is 0 Å². The van der Waals surface area contributed by atoms with Gasteiger partial charge >= 0.3 is 0 Å². The van der Waals surface area contributed by atoms with Gasteiger partial charge in [0.15, 0.2) is 0 Å².